The number of piperidine rings is 1. The van der Waals surface area contributed by atoms with E-state index in [1.807, 2.05) is 39.0 Å². The van der Waals surface area contributed by atoms with Crippen LogP contribution in [-0.4, -0.2) is 54.2 Å². The first-order valence-corrected chi connectivity index (χ1v) is 9.09. The molecule has 7 heteroatoms. The number of carbonyl (C=O) groups excluding carboxylic acids is 1. The first-order chi connectivity index (χ1) is 12.3. The molecule has 2 heterocycles. The van der Waals surface area contributed by atoms with E-state index in [1.165, 1.54) is 0 Å². The van der Waals surface area contributed by atoms with Gasteiger partial charge in [0.15, 0.2) is 11.5 Å². The van der Waals surface area contributed by atoms with Gasteiger partial charge in [-0.2, -0.15) is 0 Å². The molecule has 0 aliphatic carbocycles. The Bertz CT molecular complexity index is 635. The lowest BCUT2D eigenvalue weighted by molar-refractivity contribution is 0.0459. The van der Waals surface area contributed by atoms with E-state index >= 15 is 0 Å². The Labute approximate surface area is 154 Å². The van der Waals surface area contributed by atoms with Crippen LogP contribution in [0.4, 0.5) is 4.79 Å². The summed E-state index contributed by atoms with van der Waals surface area (Å²) in [6.07, 6.45) is 0.733. The maximum Gasteiger partial charge on any atom is 0.407 e. The predicted octanol–water partition coefficient (Wildman–Crippen LogP) is 2.44. The molecule has 0 bridgehead atoms. The van der Waals surface area contributed by atoms with Gasteiger partial charge in [0.05, 0.1) is 6.10 Å². The highest BCUT2D eigenvalue weighted by atomic mass is 16.7. The van der Waals surface area contributed by atoms with Crippen molar-refractivity contribution in [2.24, 2.45) is 0 Å². The second kappa shape index (κ2) is 7.72. The molecule has 7 nitrogen and oxygen atoms in total. The summed E-state index contributed by atoms with van der Waals surface area (Å²) in [7, 11) is 0. The van der Waals surface area contributed by atoms with Crippen molar-refractivity contribution in [1.82, 2.24) is 10.2 Å². The molecule has 144 valence electrons. The van der Waals surface area contributed by atoms with Crippen molar-refractivity contribution in [3.8, 4) is 11.5 Å². The fourth-order valence-corrected chi connectivity index (χ4v) is 3.20. The highest BCUT2D eigenvalue weighted by molar-refractivity contribution is 5.68. The normalized spacial score (nSPS) is 19.2. The number of β-amino-alcohol motifs (C(OH)–C–C–N with tert-alkyl or cyclic N) is 1. The number of aliphatic hydroxyl groups excluding tert-OH is 1. The number of hydrogen-bond donors (Lipinski definition) is 2. The summed E-state index contributed by atoms with van der Waals surface area (Å²) < 4.78 is 16.0. The van der Waals surface area contributed by atoms with Crippen molar-refractivity contribution in [1.29, 1.82) is 0 Å². The zero-order chi connectivity index (χ0) is 18.7. The van der Waals surface area contributed by atoms with Crippen molar-refractivity contribution >= 4 is 6.09 Å². The van der Waals surface area contributed by atoms with E-state index in [9.17, 15) is 9.90 Å². The third kappa shape index (κ3) is 5.02. The van der Waals surface area contributed by atoms with E-state index in [0.29, 0.717) is 12.3 Å². The van der Waals surface area contributed by atoms with Crippen molar-refractivity contribution in [3.05, 3.63) is 23.8 Å². The Morgan fingerprint density at radius 3 is 2.69 bits per heavy atom. The minimum Gasteiger partial charge on any atom is -0.454 e. The molecule has 1 fully saturated rings. The smallest absolute Gasteiger partial charge is 0.407 e. The van der Waals surface area contributed by atoms with Crippen LogP contribution in [0.3, 0.4) is 0 Å². The first-order valence-electron chi connectivity index (χ1n) is 9.09. The Hall–Kier alpha value is -1.99. The molecular formula is C19H28N2O5. The van der Waals surface area contributed by atoms with Gasteiger partial charge >= 0.3 is 6.09 Å². The number of alkyl carbamates (subject to hydrolysis) is 1. The van der Waals surface area contributed by atoms with E-state index in [0.717, 1.165) is 37.2 Å². The number of hydrogen-bond acceptors (Lipinski definition) is 6. The van der Waals surface area contributed by atoms with Crippen molar-refractivity contribution in [3.63, 3.8) is 0 Å². The van der Waals surface area contributed by atoms with Gasteiger partial charge in [0.2, 0.25) is 6.79 Å². The second-order valence-corrected chi connectivity index (χ2v) is 7.85. The van der Waals surface area contributed by atoms with Crippen molar-refractivity contribution in [2.45, 2.75) is 51.4 Å². The van der Waals surface area contributed by atoms with Crippen molar-refractivity contribution < 1.29 is 24.1 Å². The summed E-state index contributed by atoms with van der Waals surface area (Å²) in [6, 6.07) is 5.65. The van der Waals surface area contributed by atoms with Crippen LogP contribution in [0.1, 0.15) is 45.3 Å². The molecule has 1 atom stereocenters. The zero-order valence-electron chi connectivity index (χ0n) is 15.7. The highest BCUT2D eigenvalue weighted by Crippen LogP contribution is 2.34. The van der Waals surface area contributed by atoms with E-state index in [-0.39, 0.29) is 18.9 Å². The van der Waals surface area contributed by atoms with Crippen LogP contribution >= 0.6 is 0 Å². The summed E-state index contributed by atoms with van der Waals surface area (Å²) in [4.78, 5) is 14.1. The molecule has 1 aromatic carbocycles. The summed E-state index contributed by atoms with van der Waals surface area (Å²) in [5, 5.41) is 13.4. The second-order valence-electron chi connectivity index (χ2n) is 7.85. The zero-order valence-corrected chi connectivity index (χ0v) is 15.7. The summed E-state index contributed by atoms with van der Waals surface area (Å²) in [5.74, 6) is 1.40. The maximum atomic E-state index is 11.9. The van der Waals surface area contributed by atoms with Gasteiger partial charge in [0.25, 0.3) is 0 Å². The number of ether oxygens (including phenoxy) is 3. The third-order valence-corrected chi connectivity index (χ3v) is 4.52. The van der Waals surface area contributed by atoms with E-state index in [2.05, 4.69) is 10.2 Å². The number of fused-ring (bicyclic) bond motifs is 1. The Kier molecular flexibility index (Phi) is 5.58. The van der Waals surface area contributed by atoms with Crippen LogP contribution in [0, 0.1) is 0 Å². The average Bonchev–Trinajstić information content (AvgIpc) is 3.02. The lowest BCUT2D eigenvalue weighted by Crippen LogP contribution is -2.46. The quantitative estimate of drug-likeness (QED) is 0.854. The predicted molar refractivity (Wildman–Crippen MR) is 96.4 cm³/mol. The van der Waals surface area contributed by atoms with E-state index in [4.69, 9.17) is 14.2 Å². The monoisotopic (exact) mass is 364 g/mol. The third-order valence-electron chi connectivity index (χ3n) is 4.52. The lowest BCUT2D eigenvalue weighted by atomic mass is 10.0. The highest BCUT2D eigenvalue weighted by Gasteiger charge is 2.25. The lowest BCUT2D eigenvalue weighted by Gasteiger charge is -2.33. The molecule has 1 unspecified atom stereocenters. The largest absolute Gasteiger partial charge is 0.454 e. The van der Waals surface area contributed by atoms with Gasteiger partial charge in [-0.1, -0.05) is 6.07 Å². The summed E-state index contributed by atoms with van der Waals surface area (Å²) in [5.41, 5.74) is 0.336. The van der Waals surface area contributed by atoms with Crippen LogP contribution in [0.15, 0.2) is 18.2 Å². The molecule has 2 aliphatic rings. The van der Waals surface area contributed by atoms with Crippen LogP contribution in [0.25, 0.3) is 0 Å². The Balaban J connectivity index is 1.44. The number of aliphatic hydroxyl groups is 1. The fraction of sp³-hybridized carbons (Fsp3) is 0.632. The van der Waals surface area contributed by atoms with E-state index < -0.39 is 11.7 Å². The standard InChI is InChI=1S/C19H28N2O5/c1-19(2,3)26-18(23)20-14-6-8-21(9-7-14)11-15(22)13-4-5-16-17(10-13)25-12-24-16/h4-5,10,14-15,22H,6-9,11-12H2,1-3H3,(H,20,23). The van der Waals surface area contributed by atoms with Crippen molar-refractivity contribution in [2.75, 3.05) is 26.4 Å². The van der Waals surface area contributed by atoms with Gasteiger partial charge in [-0.25, -0.2) is 4.79 Å². The Morgan fingerprint density at radius 1 is 1.31 bits per heavy atom. The fourth-order valence-electron chi connectivity index (χ4n) is 3.20. The average molecular weight is 364 g/mol. The number of amides is 1. The van der Waals surface area contributed by atoms with Crippen LogP contribution in [-0.2, 0) is 4.74 Å². The molecule has 0 aromatic heterocycles. The molecule has 0 radical (unpaired) electrons. The molecular weight excluding hydrogens is 336 g/mol. The topological polar surface area (TPSA) is 80.3 Å². The number of carbonyl (C=O) groups is 1. The molecule has 1 saturated heterocycles. The van der Waals surface area contributed by atoms with Gasteiger partial charge in [0, 0.05) is 25.7 Å². The molecule has 1 aromatic rings. The molecule has 0 saturated carbocycles. The molecule has 0 spiro atoms. The minimum absolute atomic E-state index is 0.115. The van der Waals surface area contributed by atoms with Crippen LogP contribution in [0.2, 0.25) is 0 Å². The van der Waals surface area contributed by atoms with Crippen LogP contribution in [0.5, 0.6) is 11.5 Å². The number of likely N-dealkylation sites (tertiary alicyclic amines) is 1. The number of benzene rings is 1. The minimum atomic E-state index is -0.583. The van der Waals surface area contributed by atoms with Gasteiger partial charge in [-0.05, 0) is 51.3 Å². The molecule has 26 heavy (non-hydrogen) atoms. The molecule has 1 amide bonds. The van der Waals surface area contributed by atoms with Gasteiger partial charge in [-0.15, -0.1) is 0 Å². The van der Waals surface area contributed by atoms with Gasteiger partial charge in [0.1, 0.15) is 5.60 Å². The molecule has 3 rings (SSSR count). The number of nitrogens with one attached hydrogen (secondary N) is 1. The molecule has 2 aliphatic heterocycles. The molecule has 2 N–H and O–H groups in total. The van der Waals surface area contributed by atoms with Gasteiger partial charge in [-0.3, -0.25) is 0 Å². The Morgan fingerprint density at radius 2 is 2.00 bits per heavy atom. The van der Waals surface area contributed by atoms with E-state index in [1.54, 1.807) is 0 Å². The maximum absolute atomic E-state index is 11.9. The summed E-state index contributed by atoms with van der Waals surface area (Å²) >= 11 is 0. The number of rotatable bonds is 4. The number of nitrogens with zero attached hydrogens (tertiary/aromatic N) is 1. The summed E-state index contributed by atoms with van der Waals surface area (Å²) in [6.45, 7) is 7.99. The van der Waals surface area contributed by atoms with Gasteiger partial charge < -0.3 is 29.5 Å². The first kappa shape index (κ1) is 18.8. The van der Waals surface area contributed by atoms with Crippen LogP contribution < -0.4 is 14.8 Å². The SMILES string of the molecule is CC(C)(C)OC(=O)NC1CCN(CC(O)c2ccc3c(c2)OCO3)CC1.